The summed E-state index contributed by atoms with van der Waals surface area (Å²) in [5, 5.41) is 3.57. The first-order chi connectivity index (χ1) is 8.20. The Labute approximate surface area is 108 Å². The van der Waals surface area contributed by atoms with Gasteiger partial charge in [0.25, 0.3) is 0 Å². The molecule has 0 aliphatic heterocycles. The Hall–Kier alpha value is -0.0400. The fourth-order valence-corrected chi connectivity index (χ4v) is 4.08. The normalized spacial score (nSPS) is 35.1. The van der Waals surface area contributed by atoms with Gasteiger partial charge in [0.15, 0.2) is 0 Å². The van der Waals surface area contributed by atoms with Crippen LogP contribution in [0.5, 0.6) is 0 Å². The minimum absolute atomic E-state index is 0.848. The molecule has 100 valence electrons. The Morgan fingerprint density at radius 3 is 2.53 bits per heavy atom. The summed E-state index contributed by atoms with van der Waals surface area (Å²) in [5.74, 6) is 5.06. The van der Waals surface area contributed by atoms with Gasteiger partial charge in [0.05, 0.1) is 0 Å². The average molecular weight is 237 g/mol. The predicted molar refractivity (Wildman–Crippen MR) is 75.0 cm³/mol. The maximum Gasteiger partial charge on any atom is -0.00206 e. The van der Waals surface area contributed by atoms with Crippen LogP contribution in [-0.4, -0.2) is 13.1 Å². The molecule has 2 aliphatic rings. The summed E-state index contributed by atoms with van der Waals surface area (Å²) in [5.41, 5.74) is 0. The van der Waals surface area contributed by atoms with Gasteiger partial charge < -0.3 is 5.32 Å². The van der Waals surface area contributed by atoms with E-state index in [0.29, 0.717) is 0 Å². The lowest BCUT2D eigenvalue weighted by Crippen LogP contribution is -2.27. The van der Waals surface area contributed by atoms with E-state index in [-0.39, 0.29) is 0 Å². The van der Waals surface area contributed by atoms with Crippen molar-refractivity contribution >= 4 is 0 Å². The van der Waals surface area contributed by atoms with Crippen LogP contribution in [0.1, 0.15) is 59.3 Å². The number of rotatable bonds is 7. The third kappa shape index (κ3) is 3.47. The summed E-state index contributed by atoms with van der Waals surface area (Å²) in [6.07, 6.45) is 8.97. The van der Waals surface area contributed by atoms with Crippen LogP contribution in [0.4, 0.5) is 0 Å². The first-order valence-electron chi connectivity index (χ1n) is 7.91. The lowest BCUT2D eigenvalue weighted by Gasteiger charge is -2.28. The zero-order chi connectivity index (χ0) is 12.3. The van der Waals surface area contributed by atoms with Crippen LogP contribution in [-0.2, 0) is 0 Å². The zero-order valence-corrected chi connectivity index (χ0v) is 12.0. The van der Waals surface area contributed by atoms with Crippen molar-refractivity contribution in [3.05, 3.63) is 0 Å². The molecule has 5 atom stereocenters. The molecular formula is C16H31N. The molecule has 0 aromatic carbocycles. The molecule has 0 saturated heterocycles. The van der Waals surface area contributed by atoms with Crippen molar-refractivity contribution in [2.45, 2.75) is 59.3 Å². The number of nitrogens with one attached hydrogen (secondary N) is 1. The lowest BCUT2D eigenvalue weighted by atomic mass is 9.79. The van der Waals surface area contributed by atoms with Crippen LogP contribution < -0.4 is 5.32 Å². The third-order valence-electron chi connectivity index (χ3n) is 5.42. The van der Waals surface area contributed by atoms with Gasteiger partial charge in [-0.25, -0.2) is 0 Å². The molecule has 2 fully saturated rings. The summed E-state index contributed by atoms with van der Waals surface area (Å²) in [4.78, 5) is 0. The summed E-state index contributed by atoms with van der Waals surface area (Å²) in [6.45, 7) is 9.56. The molecule has 1 heteroatoms. The molecule has 2 saturated carbocycles. The van der Waals surface area contributed by atoms with Gasteiger partial charge in [-0.3, -0.25) is 0 Å². The van der Waals surface area contributed by atoms with Gasteiger partial charge in [-0.15, -0.1) is 0 Å². The van der Waals surface area contributed by atoms with Crippen molar-refractivity contribution < 1.29 is 0 Å². The molecule has 2 aliphatic carbocycles. The predicted octanol–water partition coefficient (Wildman–Crippen LogP) is 4.08. The standard InChI is InChI=1S/C16H31N/c1-4-7-17-11-13(3)12(2)8-16-10-14-5-6-15(16)9-14/h12-17H,4-11H2,1-3H3. The van der Waals surface area contributed by atoms with Crippen molar-refractivity contribution in [3.63, 3.8) is 0 Å². The molecule has 5 unspecified atom stereocenters. The quantitative estimate of drug-likeness (QED) is 0.658. The van der Waals surface area contributed by atoms with E-state index in [1.54, 1.807) is 25.7 Å². The molecule has 0 heterocycles. The molecule has 0 radical (unpaired) electrons. The molecule has 2 bridgehead atoms. The molecule has 0 aromatic rings. The largest absolute Gasteiger partial charge is 0.316 e. The molecule has 0 amide bonds. The van der Waals surface area contributed by atoms with E-state index < -0.39 is 0 Å². The second-order valence-corrected chi connectivity index (χ2v) is 6.83. The fourth-order valence-electron chi connectivity index (χ4n) is 4.08. The van der Waals surface area contributed by atoms with Crippen LogP contribution in [0.3, 0.4) is 0 Å². The Bertz CT molecular complexity index is 226. The highest BCUT2D eigenvalue weighted by molar-refractivity contribution is 4.90. The summed E-state index contributed by atoms with van der Waals surface area (Å²) < 4.78 is 0. The zero-order valence-electron chi connectivity index (χ0n) is 12.0. The van der Waals surface area contributed by atoms with Gasteiger partial charge in [-0.2, -0.15) is 0 Å². The van der Waals surface area contributed by atoms with Crippen molar-refractivity contribution in [1.29, 1.82) is 0 Å². The molecule has 1 nitrogen and oxygen atoms in total. The molecule has 0 aromatic heterocycles. The SMILES string of the molecule is CCCNCC(C)C(C)CC1CC2CCC1C2. The summed E-state index contributed by atoms with van der Waals surface area (Å²) >= 11 is 0. The van der Waals surface area contributed by atoms with Gasteiger partial charge in [-0.1, -0.05) is 27.2 Å². The molecule has 17 heavy (non-hydrogen) atoms. The van der Waals surface area contributed by atoms with E-state index in [2.05, 4.69) is 26.1 Å². The van der Waals surface area contributed by atoms with Crippen molar-refractivity contribution in [2.24, 2.45) is 29.6 Å². The molecule has 2 rings (SSSR count). The third-order valence-corrected chi connectivity index (χ3v) is 5.42. The van der Waals surface area contributed by atoms with Crippen LogP contribution in [0.25, 0.3) is 0 Å². The first kappa shape index (κ1) is 13.4. The highest BCUT2D eigenvalue weighted by atomic mass is 14.8. The van der Waals surface area contributed by atoms with Crippen molar-refractivity contribution in [3.8, 4) is 0 Å². The van der Waals surface area contributed by atoms with Gasteiger partial charge in [0, 0.05) is 0 Å². The fraction of sp³-hybridized carbons (Fsp3) is 1.00. The number of fused-ring (bicyclic) bond motifs is 2. The minimum Gasteiger partial charge on any atom is -0.316 e. The Balaban J connectivity index is 1.67. The van der Waals surface area contributed by atoms with Gasteiger partial charge in [0.2, 0.25) is 0 Å². The molecule has 1 N–H and O–H groups in total. The Morgan fingerprint density at radius 1 is 1.12 bits per heavy atom. The maximum atomic E-state index is 3.57. The van der Waals surface area contributed by atoms with Crippen molar-refractivity contribution in [2.75, 3.05) is 13.1 Å². The Morgan fingerprint density at radius 2 is 1.94 bits per heavy atom. The van der Waals surface area contributed by atoms with E-state index in [1.165, 1.54) is 25.9 Å². The maximum absolute atomic E-state index is 3.57. The number of hydrogen-bond donors (Lipinski definition) is 1. The van der Waals surface area contributed by atoms with Crippen LogP contribution in [0.2, 0.25) is 0 Å². The van der Waals surface area contributed by atoms with E-state index in [1.807, 2.05) is 0 Å². The smallest absolute Gasteiger partial charge is 0.00206 e. The highest BCUT2D eigenvalue weighted by Crippen LogP contribution is 2.50. The van der Waals surface area contributed by atoms with E-state index in [0.717, 1.165) is 29.6 Å². The Kier molecular flexibility index (Phi) is 4.90. The highest BCUT2D eigenvalue weighted by Gasteiger charge is 2.39. The summed E-state index contributed by atoms with van der Waals surface area (Å²) in [6, 6.07) is 0. The second-order valence-electron chi connectivity index (χ2n) is 6.83. The molecule has 0 spiro atoms. The van der Waals surface area contributed by atoms with E-state index in [9.17, 15) is 0 Å². The van der Waals surface area contributed by atoms with Crippen LogP contribution in [0, 0.1) is 29.6 Å². The molecular weight excluding hydrogens is 206 g/mol. The van der Waals surface area contributed by atoms with Crippen LogP contribution in [0.15, 0.2) is 0 Å². The first-order valence-corrected chi connectivity index (χ1v) is 7.91. The minimum atomic E-state index is 0.848. The topological polar surface area (TPSA) is 12.0 Å². The van der Waals surface area contributed by atoms with E-state index >= 15 is 0 Å². The monoisotopic (exact) mass is 237 g/mol. The second kappa shape index (κ2) is 6.22. The van der Waals surface area contributed by atoms with Gasteiger partial charge in [-0.05, 0) is 74.8 Å². The van der Waals surface area contributed by atoms with Crippen molar-refractivity contribution in [1.82, 2.24) is 5.32 Å². The van der Waals surface area contributed by atoms with Gasteiger partial charge in [0.1, 0.15) is 0 Å². The average Bonchev–Trinajstić information content (AvgIpc) is 2.91. The number of hydrogen-bond acceptors (Lipinski definition) is 1. The van der Waals surface area contributed by atoms with Crippen LogP contribution >= 0.6 is 0 Å². The van der Waals surface area contributed by atoms with Gasteiger partial charge >= 0.3 is 0 Å². The lowest BCUT2D eigenvalue weighted by molar-refractivity contribution is 0.234. The summed E-state index contributed by atoms with van der Waals surface area (Å²) in [7, 11) is 0. The van der Waals surface area contributed by atoms with E-state index in [4.69, 9.17) is 0 Å².